The molecule has 2 nitrogen and oxygen atoms in total. The van der Waals surface area contributed by atoms with Crippen LogP contribution in [0.2, 0.25) is 0 Å². The number of hydrogen-bond donors (Lipinski definition) is 1. The Kier molecular flexibility index (Phi) is 5.94. The monoisotopic (exact) mass is 292 g/mol. The zero-order valence-electron chi connectivity index (χ0n) is 13.2. The number of piperidine rings is 1. The number of thioether (sulfide) groups is 1. The molecule has 3 heteroatoms. The topological polar surface area (TPSA) is 15.3 Å². The fourth-order valence-electron chi connectivity index (χ4n) is 3.05. The molecule has 0 saturated carbocycles. The van der Waals surface area contributed by atoms with Gasteiger partial charge in [0.1, 0.15) is 0 Å². The number of likely N-dealkylation sites (tertiary alicyclic amines) is 1. The van der Waals surface area contributed by atoms with Gasteiger partial charge in [0.15, 0.2) is 0 Å². The van der Waals surface area contributed by atoms with E-state index in [0.29, 0.717) is 12.1 Å². The van der Waals surface area contributed by atoms with E-state index in [9.17, 15) is 0 Å². The molecule has 0 bridgehead atoms. The Hall–Kier alpha value is -0.510. The van der Waals surface area contributed by atoms with Gasteiger partial charge in [0.05, 0.1) is 0 Å². The molecule has 1 aliphatic rings. The van der Waals surface area contributed by atoms with Crippen molar-refractivity contribution in [1.82, 2.24) is 10.2 Å². The molecule has 2 rings (SSSR count). The van der Waals surface area contributed by atoms with Crippen LogP contribution in [0.3, 0.4) is 0 Å². The maximum atomic E-state index is 3.79. The van der Waals surface area contributed by atoms with Gasteiger partial charge in [0.2, 0.25) is 0 Å². The summed E-state index contributed by atoms with van der Waals surface area (Å²) in [5, 5.41) is 3.79. The molecule has 0 aromatic heterocycles. The zero-order chi connectivity index (χ0) is 14.5. The summed E-state index contributed by atoms with van der Waals surface area (Å²) in [6, 6.07) is 9.98. The Morgan fingerprint density at radius 1 is 1.15 bits per heavy atom. The molecule has 0 radical (unpaired) electrons. The van der Waals surface area contributed by atoms with Crippen LogP contribution in [0.5, 0.6) is 0 Å². The molecular weight excluding hydrogens is 264 g/mol. The van der Waals surface area contributed by atoms with Crippen LogP contribution in [0.1, 0.15) is 38.3 Å². The minimum Gasteiger partial charge on any atom is -0.307 e. The number of hydrogen-bond acceptors (Lipinski definition) is 3. The summed E-state index contributed by atoms with van der Waals surface area (Å²) in [6.45, 7) is 7.11. The van der Waals surface area contributed by atoms with Gasteiger partial charge >= 0.3 is 0 Å². The van der Waals surface area contributed by atoms with Gasteiger partial charge in [-0.3, -0.25) is 0 Å². The minimum absolute atomic E-state index is 0.431. The molecule has 1 N–H and O–H groups in total. The van der Waals surface area contributed by atoms with Crippen LogP contribution < -0.4 is 5.32 Å². The summed E-state index contributed by atoms with van der Waals surface area (Å²) in [5.74, 6) is 0.819. The second-order valence-corrected chi connectivity index (χ2v) is 6.97. The highest BCUT2D eigenvalue weighted by molar-refractivity contribution is 7.98. The van der Waals surface area contributed by atoms with E-state index < -0.39 is 0 Å². The van der Waals surface area contributed by atoms with Crippen molar-refractivity contribution in [2.45, 2.75) is 43.7 Å². The van der Waals surface area contributed by atoms with E-state index >= 15 is 0 Å². The lowest BCUT2D eigenvalue weighted by atomic mass is 9.90. The normalized spacial score (nSPS) is 20.8. The summed E-state index contributed by atoms with van der Waals surface area (Å²) in [5.41, 5.74) is 1.39. The van der Waals surface area contributed by atoms with Crippen LogP contribution in [-0.4, -0.2) is 37.3 Å². The van der Waals surface area contributed by atoms with E-state index in [4.69, 9.17) is 0 Å². The van der Waals surface area contributed by atoms with Crippen molar-refractivity contribution in [3.05, 3.63) is 29.8 Å². The fourth-order valence-corrected chi connectivity index (χ4v) is 3.46. The summed E-state index contributed by atoms with van der Waals surface area (Å²) >= 11 is 1.80. The highest BCUT2D eigenvalue weighted by atomic mass is 32.2. The second-order valence-electron chi connectivity index (χ2n) is 6.09. The molecule has 0 aliphatic carbocycles. The highest BCUT2D eigenvalue weighted by Gasteiger charge is 2.23. The predicted molar refractivity (Wildman–Crippen MR) is 89.5 cm³/mol. The van der Waals surface area contributed by atoms with Crippen LogP contribution in [-0.2, 0) is 0 Å². The number of rotatable bonds is 5. The lowest BCUT2D eigenvalue weighted by Crippen LogP contribution is -2.41. The Bertz CT molecular complexity index is 396. The fraction of sp³-hybridized carbons (Fsp3) is 0.647. The first-order valence-electron chi connectivity index (χ1n) is 7.68. The van der Waals surface area contributed by atoms with Crippen molar-refractivity contribution in [3.8, 4) is 0 Å². The van der Waals surface area contributed by atoms with Crippen molar-refractivity contribution in [3.63, 3.8) is 0 Å². The Labute approximate surface area is 128 Å². The highest BCUT2D eigenvalue weighted by Crippen LogP contribution is 2.23. The molecule has 2 unspecified atom stereocenters. The van der Waals surface area contributed by atoms with Crippen molar-refractivity contribution in [2.24, 2.45) is 5.92 Å². The SMILES string of the molecule is CSc1ccc(C(C)NC(C)C2CCN(C)CC2)cc1. The Balaban J connectivity index is 1.87. The molecule has 1 heterocycles. The Morgan fingerprint density at radius 3 is 2.30 bits per heavy atom. The molecular formula is C17H28N2S. The summed E-state index contributed by atoms with van der Waals surface area (Å²) in [6.07, 6.45) is 4.77. The quantitative estimate of drug-likeness (QED) is 0.831. The lowest BCUT2D eigenvalue weighted by molar-refractivity contribution is 0.185. The zero-order valence-corrected chi connectivity index (χ0v) is 14.0. The molecule has 20 heavy (non-hydrogen) atoms. The van der Waals surface area contributed by atoms with Gasteiger partial charge in [0, 0.05) is 17.0 Å². The molecule has 1 aromatic rings. The molecule has 112 valence electrons. The molecule has 0 spiro atoms. The molecule has 1 aromatic carbocycles. The van der Waals surface area contributed by atoms with Gasteiger partial charge in [-0.1, -0.05) is 12.1 Å². The van der Waals surface area contributed by atoms with Crippen molar-refractivity contribution in [2.75, 3.05) is 26.4 Å². The van der Waals surface area contributed by atoms with Crippen LogP contribution in [0, 0.1) is 5.92 Å². The van der Waals surface area contributed by atoms with Gasteiger partial charge in [-0.2, -0.15) is 0 Å². The third kappa shape index (κ3) is 4.24. The van der Waals surface area contributed by atoms with E-state index in [-0.39, 0.29) is 0 Å². The van der Waals surface area contributed by atoms with Gasteiger partial charge < -0.3 is 10.2 Å². The maximum absolute atomic E-state index is 3.79. The molecule has 1 saturated heterocycles. The smallest absolute Gasteiger partial charge is 0.0294 e. The predicted octanol–water partition coefficient (Wildman–Crippen LogP) is 3.79. The largest absolute Gasteiger partial charge is 0.307 e. The van der Waals surface area contributed by atoms with Crippen molar-refractivity contribution >= 4 is 11.8 Å². The van der Waals surface area contributed by atoms with Gasteiger partial charge in [0.25, 0.3) is 0 Å². The first-order chi connectivity index (χ1) is 9.60. The first kappa shape index (κ1) is 15.9. The van der Waals surface area contributed by atoms with Gasteiger partial charge in [-0.05, 0) is 76.7 Å². The molecule has 0 amide bonds. The summed E-state index contributed by atoms with van der Waals surface area (Å²) in [7, 11) is 2.23. The van der Waals surface area contributed by atoms with Crippen LogP contribution in [0.15, 0.2) is 29.2 Å². The van der Waals surface area contributed by atoms with E-state index in [1.807, 2.05) is 0 Å². The van der Waals surface area contributed by atoms with E-state index in [1.54, 1.807) is 11.8 Å². The van der Waals surface area contributed by atoms with Crippen LogP contribution in [0.25, 0.3) is 0 Å². The summed E-state index contributed by atoms with van der Waals surface area (Å²) < 4.78 is 0. The minimum atomic E-state index is 0.431. The van der Waals surface area contributed by atoms with E-state index in [1.165, 1.54) is 36.4 Å². The van der Waals surface area contributed by atoms with Gasteiger partial charge in [-0.25, -0.2) is 0 Å². The summed E-state index contributed by atoms with van der Waals surface area (Å²) in [4.78, 5) is 3.78. The first-order valence-corrected chi connectivity index (χ1v) is 8.91. The Morgan fingerprint density at radius 2 is 1.75 bits per heavy atom. The molecule has 1 aliphatic heterocycles. The third-order valence-electron chi connectivity index (χ3n) is 4.60. The van der Waals surface area contributed by atoms with E-state index in [2.05, 4.69) is 61.6 Å². The molecule has 2 atom stereocenters. The lowest BCUT2D eigenvalue weighted by Gasteiger charge is -2.34. The second kappa shape index (κ2) is 7.48. The van der Waals surface area contributed by atoms with Crippen LogP contribution >= 0.6 is 11.8 Å². The number of nitrogens with one attached hydrogen (secondary N) is 1. The molecule has 1 fully saturated rings. The maximum Gasteiger partial charge on any atom is 0.0294 e. The van der Waals surface area contributed by atoms with Crippen molar-refractivity contribution < 1.29 is 0 Å². The van der Waals surface area contributed by atoms with Crippen LogP contribution in [0.4, 0.5) is 0 Å². The third-order valence-corrected chi connectivity index (χ3v) is 5.34. The van der Waals surface area contributed by atoms with E-state index in [0.717, 1.165) is 5.92 Å². The number of benzene rings is 1. The average Bonchev–Trinajstić information content (AvgIpc) is 2.48. The number of nitrogens with zero attached hydrogens (tertiary/aromatic N) is 1. The average molecular weight is 292 g/mol. The van der Waals surface area contributed by atoms with Gasteiger partial charge in [-0.15, -0.1) is 11.8 Å². The van der Waals surface area contributed by atoms with Crippen molar-refractivity contribution in [1.29, 1.82) is 0 Å². The standard InChI is InChI=1S/C17H28N2S/c1-13(15-5-7-17(20-4)8-6-15)18-14(2)16-9-11-19(3)12-10-16/h5-8,13-14,16,18H,9-12H2,1-4H3.